The summed E-state index contributed by atoms with van der Waals surface area (Å²) in [5.41, 5.74) is 1.07. The largest absolute Gasteiger partial charge is 0.481 e. The number of benzene rings is 1. The summed E-state index contributed by atoms with van der Waals surface area (Å²) in [6, 6.07) is 5.64. The normalized spacial score (nSPS) is 20.5. The quantitative estimate of drug-likeness (QED) is 0.885. The van der Waals surface area contributed by atoms with Gasteiger partial charge in [-0.3, -0.25) is 9.59 Å². The summed E-state index contributed by atoms with van der Waals surface area (Å²) in [5, 5.41) is 9.28. The summed E-state index contributed by atoms with van der Waals surface area (Å²) in [5.74, 6) is -0.236. The molecule has 1 saturated carbocycles. The van der Waals surface area contributed by atoms with Gasteiger partial charge in [0.25, 0.3) is 0 Å². The zero-order chi connectivity index (χ0) is 12.9. The number of thioether (sulfide) groups is 1. The van der Waals surface area contributed by atoms with Crippen LogP contribution in [-0.4, -0.2) is 29.8 Å². The first-order valence-corrected chi connectivity index (χ1v) is 6.80. The second kappa shape index (κ2) is 3.75. The summed E-state index contributed by atoms with van der Waals surface area (Å²) in [6.45, 7) is 0. The van der Waals surface area contributed by atoms with Gasteiger partial charge in [-0.25, -0.2) is 0 Å². The van der Waals surface area contributed by atoms with Gasteiger partial charge in [0.15, 0.2) is 0 Å². The van der Waals surface area contributed by atoms with E-state index in [0.717, 1.165) is 16.1 Å². The molecule has 0 saturated heterocycles. The fourth-order valence-corrected chi connectivity index (χ4v) is 3.36. The van der Waals surface area contributed by atoms with E-state index in [0.29, 0.717) is 18.6 Å². The third-order valence-corrected chi connectivity index (χ3v) is 4.79. The lowest BCUT2D eigenvalue weighted by Crippen LogP contribution is -2.31. The molecule has 18 heavy (non-hydrogen) atoms. The van der Waals surface area contributed by atoms with Gasteiger partial charge >= 0.3 is 5.97 Å². The molecule has 1 aliphatic carbocycles. The molecule has 3 rings (SSSR count). The minimum atomic E-state index is -0.743. The molecular formula is C13H13NO3S. The number of fused-ring (bicyclic) bond motifs is 1. The van der Waals surface area contributed by atoms with E-state index < -0.39 is 11.4 Å². The third kappa shape index (κ3) is 1.54. The number of carboxylic acid groups (broad SMARTS) is 1. The van der Waals surface area contributed by atoms with Crippen LogP contribution >= 0.6 is 11.8 Å². The molecule has 94 valence electrons. The number of anilines is 1. The lowest BCUT2D eigenvalue weighted by atomic mass is 9.96. The van der Waals surface area contributed by atoms with Crippen LogP contribution in [0.1, 0.15) is 18.4 Å². The summed E-state index contributed by atoms with van der Waals surface area (Å²) >= 11 is 1.49. The molecular weight excluding hydrogens is 250 g/mol. The van der Waals surface area contributed by atoms with Crippen LogP contribution in [0.3, 0.4) is 0 Å². The van der Waals surface area contributed by atoms with Crippen molar-refractivity contribution in [1.82, 2.24) is 0 Å². The van der Waals surface area contributed by atoms with E-state index in [9.17, 15) is 14.7 Å². The first-order valence-electron chi connectivity index (χ1n) is 5.82. The maximum Gasteiger partial charge on any atom is 0.314 e. The van der Waals surface area contributed by atoms with Crippen molar-refractivity contribution >= 4 is 29.3 Å². The number of hydrogen-bond acceptors (Lipinski definition) is 3. The fraction of sp³-hybridized carbons (Fsp3) is 0.385. The van der Waals surface area contributed by atoms with Crippen molar-refractivity contribution in [3.8, 4) is 0 Å². The maximum absolute atomic E-state index is 11.6. The molecule has 0 aromatic heterocycles. The van der Waals surface area contributed by atoms with Crippen molar-refractivity contribution in [3.63, 3.8) is 0 Å². The first kappa shape index (κ1) is 11.6. The summed E-state index contributed by atoms with van der Waals surface area (Å²) in [7, 11) is 1.75. The van der Waals surface area contributed by atoms with Crippen LogP contribution in [0.2, 0.25) is 0 Å². The van der Waals surface area contributed by atoms with E-state index in [1.54, 1.807) is 11.9 Å². The van der Waals surface area contributed by atoms with Gasteiger partial charge in [-0.05, 0) is 30.5 Å². The Bertz CT molecular complexity index is 551. The van der Waals surface area contributed by atoms with Gasteiger partial charge in [-0.2, -0.15) is 0 Å². The highest BCUT2D eigenvalue weighted by Crippen LogP contribution is 2.50. The van der Waals surface area contributed by atoms with E-state index in [1.807, 2.05) is 18.2 Å². The van der Waals surface area contributed by atoms with Crippen LogP contribution in [0.15, 0.2) is 23.1 Å². The third-order valence-electron chi connectivity index (χ3n) is 3.76. The number of amides is 1. The Balaban J connectivity index is 2.03. The molecule has 1 fully saturated rings. The molecule has 0 atom stereocenters. The van der Waals surface area contributed by atoms with Crippen molar-refractivity contribution in [2.75, 3.05) is 17.7 Å². The zero-order valence-corrected chi connectivity index (χ0v) is 10.8. The molecule has 5 heteroatoms. The monoisotopic (exact) mass is 263 g/mol. The second-order valence-corrected chi connectivity index (χ2v) is 5.83. The molecule has 0 bridgehead atoms. The predicted molar refractivity (Wildman–Crippen MR) is 69.1 cm³/mol. The fourth-order valence-electron chi connectivity index (χ4n) is 2.33. The van der Waals surface area contributed by atoms with Gasteiger partial charge in [0.2, 0.25) is 5.91 Å². The Kier molecular flexibility index (Phi) is 2.41. The second-order valence-electron chi connectivity index (χ2n) is 4.81. The van der Waals surface area contributed by atoms with Crippen molar-refractivity contribution in [3.05, 3.63) is 23.8 Å². The van der Waals surface area contributed by atoms with Gasteiger partial charge in [-0.1, -0.05) is 6.07 Å². The van der Waals surface area contributed by atoms with Crippen LogP contribution in [-0.2, 0) is 15.0 Å². The van der Waals surface area contributed by atoms with Crippen molar-refractivity contribution < 1.29 is 14.7 Å². The Hall–Kier alpha value is -1.49. The Labute approximate surface area is 109 Å². The van der Waals surface area contributed by atoms with Crippen LogP contribution in [0.25, 0.3) is 0 Å². The van der Waals surface area contributed by atoms with Crippen molar-refractivity contribution in [2.24, 2.45) is 0 Å². The molecule has 1 heterocycles. The van der Waals surface area contributed by atoms with Gasteiger partial charge in [0.1, 0.15) is 0 Å². The van der Waals surface area contributed by atoms with Gasteiger partial charge in [-0.15, -0.1) is 11.8 Å². The molecule has 0 radical (unpaired) electrons. The van der Waals surface area contributed by atoms with Gasteiger partial charge in [0.05, 0.1) is 16.9 Å². The standard InChI is InChI=1S/C13H13NO3S/c1-14-9-3-2-8(13(4-5-13)12(16)17)6-10(9)18-7-11(14)15/h2-3,6H,4-5,7H2,1H3,(H,16,17). The van der Waals surface area contributed by atoms with E-state index >= 15 is 0 Å². The number of carboxylic acids is 1. The van der Waals surface area contributed by atoms with Crippen LogP contribution in [0.5, 0.6) is 0 Å². The summed E-state index contributed by atoms with van der Waals surface area (Å²) in [6.07, 6.45) is 1.42. The summed E-state index contributed by atoms with van der Waals surface area (Å²) < 4.78 is 0. The lowest BCUT2D eigenvalue weighted by molar-refractivity contribution is -0.140. The topological polar surface area (TPSA) is 57.6 Å². The Morgan fingerprint density at radius 2 is 2.17 bits per heavy atom. The molecule has 1 aliphatic heterocycles. The molecule has 1 aromatic carbocycles. The number of aliphatic carboxylic acids is 1. The van der Waals surface area contributed by atoms with Gasteiger partial charge in [0, 0.05) is 11.9 Å². The average Bonchev–Trinajstić information content (AvgIpc) is 3.15. The highest BCUT2D eigenvalue weighted by molar-refractivity contribution is 8.00. The van der Waals surface area contributed by atoms with Crippen LogP contribution in [0.4, 0.5) is 5.69 Å². The molecule has 0 unspecified atom stereocenters. The predicted octanol–water partition coefficient (Wildman–Crippen LogP) is 1.87. The molecule has 0 spiro atoms. The molecule has 1 N–H and O–H groups in total. The van der Waals surface area contributed by atoms with E-state index in [-0.39, 0.29) is 5.91 Å². The zero-order valence-electron chi connectivity index (χ0n) is 9.97. The van der Waals surface area contributed by atoms with Crippen molar-refractivity contribution in [2.45, 2.75) is 23.2 Å². The molecule has 1 aromatic rings. The minimum absolute atomic E-state index is 0.0830. The van der Waals surface area contributed by atoms with E-state index in [4.69, 9.17) is 0 Å². The van der Waals surface area contributed by atoms with Crippen LogP contribution in [0, 0.1) is 0 Å². The van der Waals surface area contributed by atoms with Crippen molar-refractivity contribution in [1.29, 1.82) is 0 Å². The summed E-state index contributed by atoms with van der Waals surface area (Å²) in [4.78, 5) is 25.5. The average molecular weight is 263 g/mol. The van der Waals surface area contributed by atoms with E-state index in [2.05, 4.69) is 0 Å². The number of carbonyl (C=O) groups is 2. The number of rotatable bonds is 2. The Morgan fingerprint density at radius 1 is 1.44 bits per heavy atom. The highest BCUT2D eigenvalue weighted by Gasteiger charge is 2.52. The lowest BCUT2D eigenvalue weighted by Gasteiger charge is -2.26. The SMILES string of the molecule is CN1C(=O)CSc2cc(C3(C(=O)O)CC3)ccc21. The highest BCUT2D eigenvalue weighted by atomic mass is 32.2. The number of carbonyl (C=O) groups excluding carboxylic acids is 1. The molecule has 4 nitrogen and oxygen atoms in total. The van der Waals surface area contributed by atoms with Crippen LogP contribution < -0.4 is 4.90 Å². The first-order chi connectivity index (χ1) is 8.54. The Morgan fingerprint density at radius 3 is 2.78 bits per heavy atom. The maximum atomic E-state index is 11.6. The van der Waals surface area contributed by atoms with E-state index in [1.165, 1.54) is 11.8 Å². The number of hydrogen-bond donors (Lipinski definition) is 1. The molecule has 2 aliphatic rings. The smallest absolute Gasteiger partial charge is 0.314 e. The van der Waals surface area contributed by atoms with Gasteiger partial charge < -0.3 is 10.0 Å². The number of nitrogens with zero attached hydrogens (tertiary/aromatic N) is 1. The minimum Gasteiger partial charge on any atom is -0.481 e. The molecule has 1 amide bonds.